The van der Waals surface area contributed by atoms with Gasteiger partial charge in [0.2, 0.25) is 0 Å². The van der Waals surface area contributed by atoms with Gasteiger partial charge in [-0.3, -0.25) is 0 Å². The normalized spacial score (nSPS) is 11.2. The second-order valence-electron chi connectivity index (χ2n) is 3.29. The van der Waals surface area contributed by atoms with Crippen molar-refractivity contribution in [3.05, 3.63) is 12.2 Å². The number of allylic oxidation sites excluding steroid dienone is 2. The molecule has 0 radical (unpaired) electrons. The molecule has 0 rings (SSSR count). The van der Waals surface area contributed by atoms with Gasteiger partial charge in [-0.05, 0) is 31.6 Å². The second kappa shape index (κ2) is 6.89. The molecule has 0 aliphatic carbocycles. The molecular formula is C10H17O2-. The molecule has 0 unspecified atom stereocenters. The van der Waals surface area contributed by atoms with E-state index in [2.05, 4.69) is 26.0 Å². The highest BCUT2D eigenvalue weighted by Crippen LogP contribution is 2.02. The lowest BCUT2D eigenvalue weighted by Crippen LogP contribution is -2.21. The molecule has 0 aromatic rings. The Hall–Kier alpha value is -0.790. The first-order valence-corrected chi connectivity index (χ1v) is 4.49. The molecule has 0 saturated heterocycles. The minimum absolute atomic E-state index is 0.190. The van der Waals surface area contributed by atoms with Crippen LogP contribution in [0.25, 0.3) is 0 Å². The van der Waals surface area contributed by atoms with E-state index in [9.17, 15) is 9.90 Å². The number of hydrogen-bond donors (Lipinski definition) is 0. The Morgan fingerprint density at radius 2 is 2.08 bits per heavy atom. The molecule has 0 bridgehead atoms. The van der Waals surface area contributed by atoms with Crippen LogP contribution in [0, 0.1) is 5.92 Å². The molecule has 0 aromatic heterocycles. The maximum Gasteiger partial charge on any atom is 0.0414 e. The SMILES string of the molecule is CC(C)/C=C/CCCCC(=O)[O-]. The van der Waals surface area contributed by atoms with Crippen molar-refractivity contribution >= 4 is 5.97 Å². The van der Waals surface area contributed by atoms with Crippen molar-refractivity contribution in [3.63, 3.8) is 0 Å². The number of carbonyl (C=O) groups excluding carboxylic acids is 1. The van der Waals surface area contributed by atoms with Crippen LogP contribution in [0.2, 0.25) is 0 Å². The number of aliphatic carboxylic acids is 1. The molecule has 0 fully saturated rings. The van der Waals surface area contributed by atoms with Gasteiger partial charge in [-0.2, -0.15) is 0 Å². The van der Waals surface area contributed by atoms with Crippen molar-refractivity contribution in [3.8, 4) is 0 Å². The number of hydrogen-bond acceptors (Lipinski definition) is 2. The van der Waals surface area contributed by atoms with Crippen LogP contribution in [0.1, 0.15) is 39.5 Å². The molecule has 0 aliphatic heterocycles. The minimum Gasteiger partial charge on any atom is -0.550 e. The standard InChI is InChI=1S/C10H18O2/c1-9(2)7-5-3-4-6-8-10(11)12/h5,7,9H,3-4,6,8H2,1-2H3,(H,11,12)/p-1/b7-5+. The summed E-state index contributed by atoms with van der Waals surface area (Å²) in [5.41, 5.74) is 0. The van der Waals surface area contributed by atoms with Gasteiger partial charge < -0.3 is 9.90 Å². The summed E-state index contributed by atoms with van der Waals surface area (Å²) in [5, 5.41) is 10.0. The molecule has 12 heavy (non-hydrogen) atoms. The molecule has 70 valence electrons. The summed E-state index contributed by atoms with van der Waals surface area (Å²) in [7, 11) is 0. The molecule has 0 heterocycles. The molecule has 0 N–H and O–H groups in total. The van der Waals surface area contributed by atoms with Crippen molar-refractivity contribution in [2.24, 2.45) is 5.92 Å². The summed E-state index contributed by atoms with van der Waals surface area (Å²) in [6.45, 7) is 4.25. The summed E-state index contributed by atoms with van der Waals surface area (Å²) in [4.78, 5) is 10.0. The van der Waals surface area contributed by atoms with Crippen LogP contribution in [0.3, 0.4) is 0 Å². The van der Waals surface area contributed by atoms with Crippen molar-refractivity contribution < 1.29 is 9.90 Å². The minimum atomic E-state index is -0.942. The summed E-state index contributed by atoms with van der Waals surface area (Å²) < 4.78 is 0. The van der Waals surface area contributed by atoms with E-state index < -0.39 is 5.97 Å². The molecule has 0 atom stereocenters. The molecule has 0 saturated carbocycles. The van der Waals surface area contributed by atoms with Crippen LogP contribution in [0.4, 0.5) is 0 Å². The van der Waals surface area contributed by atoms with Gasteiger partial charge in [-0.25, -0.2) is 0 Å². The van der Waals surface area contributed by atoms with Crippen LogP contribution in [0.5, 0.6) is 0 Å². The summed E-state index contributed by atoms with van der Waals surface area (Å²) in [6, 6.07) is 0. The predicted octanol–water partition coefficient (Wildman–Crippen LogP) is 1.51. The Kier molecular flexibility index (Phi) is 6.44. The van der Waals surface area contributed by atoms with E-state index >= 15 is 0 Å². The molecule has 0 spiro atoms. The van der Waals surface area contributed by atoms with Gasteiger partial charge in [0.1, 0.15) is 0 Å². The quantitative estimate of drug-likeness (QED) is 0.446. The summed E-state index contributed by atoms with van der Waals surface area (Å²) in [6.07, 6.45) is 7.09. The number of carboxylic acid groups (broad SMARTS) is 1. The topological polar surface area (TPSA) is 40.1 Å². The van der Waals surface area contributed by atoms with Crippen molar-refractivity contribution in [1.82, 2.24) is 0 Å². The summed E-state index contributed by atoms with van der Waals surface area (Å²) in [5.74, 6) is -0.353. The zero-order valence-electron chi connectivity index (χ0n) is 7.88. The lowest BCUT2D eigenvalue weighted by atomic mass is 10.1. The third kappa shape index (κ3) is 9.21. The van der Waals surface area contributed by atoms with Crippen LogP contribution in [0.15, 0.2) is 12.2 Å². The maximum absolute atomic E-state index is 10.0. The Balaban J connectivity index is 3.16. The second-order valence-corrected chi connectivity index (χ2v) is 3.29. The van der Waals surface area contributed by atoms with E-state index in [0.717, 1.165) is 19.3 Å². The Morgan fingerprint density at radius 3 is 2.58 bits per heavy atom. The number of unbranched alkanes of at least 4 members (excludes halogenated alkanes) is 2. The first kappa shape index (κ1) is 11.2. The first-order chi connectivity index (χ1) is 5.63. The molecule has 0 amide bonds. The number of carbonyl (C=O) groups is 1. The van der Waals surface area contributed by atoms with Crippen LogP contribution >= 0.6 is 0 Å². The average Bonchev–Trinajstić information content (AvgIpc) is 1.95. The molecule has 2 nitrogen and oxygen atoms in total. The third-order valence-electron chi connectivity index (χ3n) is 1.52. The van der Waals surface area contributed by atoms with Crippen molar-refractivity contribution in [2.45, 2.75) is 39.5 Å². The van der Waals surface area contributed by atoms with Gasteiger partial charge in [0.05, 0.1) is 0 Å². The van der Waals surface area contributed by atoms with Crippen LogP contribution in [-0.4, -0.2) is 5.97 Å². The average molecular weight is 169 g/mol. The highest BCUT2D eigenvalue weighted by atomic mass is 16.4. The largest absolute Gasteiger partial charge is 0.550 e. The lowest BCUT2D eigenvalue weighted by molar-refractivity contribution is -0.305. The van der Waals surface area contributed by atoms with E-state index in [1.165, 1.54) is 0 Å². The highest BCUT2D eigenvalue weighted by Gasteiger charge is 1.87. The Labute approximate surface area is 74.3 Å². The lowest BCUT2D eigenvalue weighted by Gasteiger charge is -1.99. The molecular weight excluding hydrogens is 152 g/mol. The number of rotatable bonds is 6. The molecule has 0 aromatic carbocycles. The van der Waals surface area contributed by atoms with Crippen molar-refractivity contribution in [1.29, 1.82) is 0 Å². The van der Waals surface area contributed by atoms with E-state index in [1.54, 1.807) is 0 Å². The zero-order valence-corrected chi connectivity index (χ0v) is 7.88. The van der Waals surface area contributed by atoms with Crippen LogP contribution in [-0.2, 0) is 4.79 Å². The van der Waals surface area contributed by atoms with E-state index in [0.29, 0.717) is 5.92 Å². The Morgan fingerprint density at radius 1 is 1.42 bits per heavy atom. The van der Waals surface area contributed by atoms with Gasteiger partial charge in [0, 0.05) is 5.97 Å². The fourth-order valence-electron chi connectivity index (χ4n) is 0.900. The zero-order chi connectivity index (χ0) is 9.40. The fourth-order valence-corrected chi connectivity index (χ4v) is 0.900. The molecule has 0 aliphatic rings. The summed E-state index contributed by atoms with van der Waals surface area (Å²) >= 11 is 0. The van der Waals surface area contributed by atoms with Gasteiger partial charge in [-0.1, -0.05) is 26.0 Å². The van der Waals surface area contributed by atoms with Crippen molar-refractivity contribution in [2.75, 3.05) is 0 Å². The van der Waals surface area contributed by atoms with Crippen LogP contribution < -0.4 is 5.11 Å². The highest BCUT2D eigenvalue weighted by molar-refractivity contribution is 5.64. The molecule has 2 heteroatoms. The smallest absolute Gasteiger partial charge is 0.0414 e. The van der Waals surface area contributed by atoms with E-state index in [1.807, 2.05) is 0 Å². The number of carboxylic acids is 1. The van der Waals surface area contributed by atoms with E-state index in [-0.39, 0.29) is 6.42 Å². The maximum atomic E-state index is 10.0. The Bertz CT molecular complexity index is 148. The van der Waals surface area contributed by atoms with Gasteiger partial charge in [0.15, 0.2) is 0 Å². The predicted molar refractivity (Wildman–Crippen MR) is 47.5 cm³/mol. The van der Waals surface area contributed by atoms with Gasteiger partial charge in [-0.15, -0.1) is 0 Å². The first-order valence-electron chi connectivity index (χ1n) is 4.49. The van der Waals surface area contributed by atoms with Gasteiger partial charge in [0.25, 0.3) is 0 Å². The monoisotopic (exact) mass is 169 g/mol. The fraction of sp³-hybridized carbons (Fsp3) is 0.700. The van der Waals surface area contributed by atoms with E-state index in [4.69, 9.17) is 0 Å². The van der Waals surface area contributed by atoms with Gasteiger partial charge >= 0.3 is 0 Å². The third-order valence-corrected chi connectivity index (χ3v) is 1.52.